The first kappa shape index (κ1) is 27.2. The molecule has 2 aliphatic rings. The van der Waals surface area contributed by atoms with Crippen LogP contribution in [-0.4, -0.2) is 24.1 Å². The first-order chi connectivity index (χ1) is 18.7. The number of fused-ring (bicyclic) bond motifs is 1. The van der Waals surface area contributed by atoms with Crippen molar-refractivity contribution in [2.24, 2.45) is 17.3 Å². The maximum absolute atomic E-state index is 13.5. The highest BCUT2D eigenvalue weighted by molar-refractivity contribution is 6.31. The minimum atomic E-state index is -0.829. The summed E-state index contributed by atoms with van der Waals surface area (Å²) in [6, 6.07) is 23.4. The van der Waals surface area contributed by atoms with Gasteiger partial charge < -0.3 is 9.47 Å². The van der Waals surface area contributed by atoms with E-state index >= 15 is 0 Å². The van der Waals surface area contributed by atoms with Crippen molar-refractivity contribution in [3.8, 4) is 0 Å². The molecule has 0 heterocycles. The zero-order chi connectivity index (χ0) is 27.7. The predicted molar refractivity (Wildman–Crippen MR) is 154 cm³/mol. The summed E-state index contributed by atoms with van der Waals surface area (Å²) in [6.45, 7) is 6.08. The van der Waals surface area contributed by atoms with Gasteiger partial charge in [0.1, 0.15) is 12.2 Å². The van der Waals surface area contributed by atoms with Crippen LogP contribution in [0.15, 0.2) is 102 Å². The maximum atomic E-state index is 13.5. The molecule has 6 atom stereocenters. The summed E-state index contributed by atoms with van der Waals surface area (Å²) >= 11 is 13.8. The van der Waals surface area contributed by atoms with Crippen LogP contribution in [-0.2, 0) is 9.47 Å². The molecule has 0 radical (unpaired) electrons. The molecule has 2 aliphatic carbocycles. The molecule has 0 aliphatic heterocycles. The third-order valence-corrected chi connectivity index (χ3v) is 9.24. The minimum Gasteiger partial charge on any atom is -0.454 e. The Bertz CT molecular complexity index is 1410. The molecule has 1 fully saturated rings. The van der Waals surface area contributed by atoms with Gasteiger partial charge in [0.25, 0.3) is 0 Å². The van der Waals surface area contributed by atoms with Crippen molar-refractivity contribution in [3.05, 3.63) is 129 Å². The lowest BCUT2D eigenvalue weighted by Crippen LogP contribution is -2.58. The van der Waals surface area contributed by atoms with Crippen LogP contribution in [0.25, 0.3) is 0 Å². The van der Waals surface area contributed by atoms with E-state index in [1.165, 1.54) is 0 Å². The van der Waals surface area contributed by atoms with Crippen LogP contribution >= 0.6 is 23.2 Å². The number of benzene rings is 3. The highest BCUT2D eigenvalue weighted by Crippen LogP contribution is 2.60. The zero-order valence-corrected chi connectivity index (χ0v) is 23.5. The molecule has 3 aromatic carbocycles. The van der Waals surface area contributed by atoms with E-state index in [1.54, 1.807) is 48.5 Å². The SMILES string of the molecule is Cc1cccc(Cl)c1C1C(OC(=O)c2ccccc2)C(OC(=O)c2ccccc2)C(C)C2(C)C(Cl)=CC=CC12. The minimum absolute atomic E-state index is 0.177. The molecule has 0 aromatic heterocycles. The second-order valence-corrected chi connectivity index (χ2v) is 11.3. The molecule has 0 bridgehead atoms. The molecule has 3 aromatic rings. The van der Waals surface area contributed by atoms with Crippen molar-refractivity contribution in [2.45, 2.75) is 38.9 Å². The molecule has 0 saturated heterocycles. The molecular formula is C33H30Cl2O4. The second kappa shape index (κ2) is 11.0. The van der Waals surface area contributed by atoms with E-state index in [1.807, 2.05) is 56.3 Å². The maximum Gasteiger partial charge on any atom is 0.338 e. The van der Waals surface area contributed by atoms with Gasteiger partial charge in [-0.15, -0.1) is 0 Å². The summed E-state index contributed by atoms with van der Waals surface area (Å²) in [5.41, 5.74) is 2.03. The molecule has 200 valence electrons. The number of esters is 2. The molecule has 5 rings (SSSR count). The fourth-order valence-electron chi connectivity index (χ4n) is 6.10. The summed E-state index contributed by atoms with van der Waals surface area (Å²) < 4.78 is 12.6. The standard InChI is InChI=1S/C33H30Cl2O4/c1-20-12-10-18-25(34)27(20)28-24-17-11-19-26(35)33(24,3)21(2)29(38-31(36)22-13-6-4-7-14-22)30(28)39-32(37)23-15-8-5-9-16-23/h4-19,21,24,28-30H,1-3H3. The van der Waals surface area contributed by atoms with Crippen molar-refractivity contribution in [1.29, 1.82) is 0 Å². The van der Waals surface area contributed by atoms with Gasteiger partial charge in [0, 0.05) is 27.3 Å². The first-order valence-corrected chi connectivity index (χ1v) is 13.8. The van der Waals surface area contributed by atoms with Crippen LogP contribution in [0.1, 0.15) is 51.6 Å². The molecule has 1 saturated carbocycles. The largest absolute Gasteiger partial charge is 0.454 e. The van der Waals surface area contributed by atoms with Gasteiger partial charge in [-0.3, -0.25) is 0 Å². The van der Waals surface area contributed by atoms with Crippen LogP contribution in [0.3, 0.4) is 0 Å². The monoisotopic (exact) mass is 560 g/mol. The Hall–Kier alpha value is -3.34. The average Bonchev–Trinajstić information content (AvgIpc) is 2.94. The van der Waals surface area contributed by atoms with Crippen molar-refractivity contribution < 1.29 is 19.1 Å². The van der Waals surface area contributed by atoms with E-state index in [0.29, 0.717) is 21.2 Å². The molecular weight excluding hydrogens is 531 g/mol. The van der Waals surface area contributed by atoms with Gasteiger partial charge in [0.2, 0.25) is 0 Å². The quantitative estimate of drug-likeness (QED) is 0.295. The van der Waals surface area contributed by atoms with E-state index in [4.69, 9.17) is 32.7 Å². The first-order valence-electron chi connectivity index (χ1n) is 13.0. The third kappa shape index (κ3) is 4.92. The molecule has 4 nitrogen and oxygen atoms in total. The average molecular weight is 562 g/mol. The number of halogens is 2. The number of allylic oxidation sites excluding steroid dienone is 4. The normalized spacial score (nSPS) is 27.7. The Labute approximate surface area is 239 Å². The summed E-state index contributed by atoms with van der Waals surface area (Å²) in [6.07, 6.45) is 4.30. The van der Waals surface area contributed by atoms with Gasteiger partial charge in [0.15, 0.2) is 0 Å². The van der Waals surface area contributed by atoms with Crippen molar-refractivity contribution in [3.63, 3.8) is 0 Å². The summed E-state index contributed by atoms with van der Waals surface area (Å²) in [4.78, 5) is 27.0. The fraction of sp³-hybridized carbons (Fsp3) is 0.273. The van der Waals surface area contributed by atoms with Gasteiger partial charge in [-0.25, -0.2) is 9.59 Å². The Morgan fingerprint density at radius 1 is 0.795 bits per heavy atom. The lowest BCUT2D eigenvalue weighted by atomic mass is 9.53. The molecule has 6 heteroatoms. The molecule has 0 amide bonds. The Morgan fingerprint density at radius 3 is 1.92 bits per heavy atom. The number of aryl methyl sites for hydroxylation is 1. The lowest BCUT2D eigenvalue weighted by Gasteiger charge is -2.56. The van der Waals surface area contributed by atoms with Crippen molar-refractivity contribution >= 4 is 35.1 Å². The van der Waals surface area contributed by atoms with E-state index in [9.17, 15) is 9.59 Å². The molecule has 39 heavy (non-hydrogen) atoms. The van der Waals surface area contributed by atoms with Gasteiger partial charge in [-0.05, 0) is 60.4 Å². The van der Waals surface area contributed by atoms with Crippen LogP contribution in [0.4, 0.5) is 0 Å². The third-order valence-electron chi connectivity index (χ3n) is 8.38. The molecule has 0 spiro atoms. The van der Waals surface area contributed by atoms with E-state index in [2.05, 4.69) is 13.0 Å². The van der Waals surface area contributed by atoms with E-state index in [0.717, 1.165) is 11.1 Å². The topological polar surface area (TPSA) is 52.6 Å². The Morgan fingerprint density at radius 2 is 1.36 bits per heavy atom. The number of hydrogen-bond acceptors (Lipinski definition) is 4. The summed E-state index contributed by atoms with van der Waals surface area (Å²) in [5, 5.41) is 1.22. The van der Waals surface area contributed by atoms with E-state index in [-0.39, 0.29) is 11.8 Å². The van der Waals surface area contributed by atoms with Gasteiger partial charge in [-0.1, -0.05) is 97.7 Å². The number of carbonyl (C=O) groups is 2. The fourth-order valence-corrected chi connectivity index (χ4v) is 6.82. The lowest BCUT2D eigenvalue weighted by molar-refractivity contribution is -0.122. The Kier molecular flexibility index (Phi) is 7.70. The Balaban J connectivity index is 1.67. The highest BCUT2D eigenvalue weighted by Gasteiger charge is 2.60. The van der Waals surface area contributed by atoms with Gasteiger partial charge >= 0.3 is 11.9 Å². The van der Waals surface area contributed by atoms with Crippen molar-refractivity contribution in [1.82, 2.24) is 0 Å². The van der Waals surface area contributed by atoms with Crippen LogP contribution in [0.5, 0.6) is 0 Å². The van der Waals surface area contributed by atoms with Crippen LogP contribution in [0, 0.1) is 24.2 Å². The molecule has 0 N–H and O–H groups in total. The second-order valence-electron chi connectivity index (χ2n) is 10.5. The highest BCUT2D eigenvalue weighted by atomic mass is 35.5. The smallest absolute Gasteiger partial charge is 0.338 e. The van der Waals surface area contributed by atoms with Crippen molar-refractivity contribution in [2.75, 3.05) is 0 Å². The summed E-state index contributed by atoms with van der Waals surface area (Å²) in [5.74, 6) is -1.88. The molecule has 6 unspecified atom stereocenters. The van der Waals surface area contributed by atoms with E-state index < -0.39 is 35.5 Å². The number of ether oxygens (including phenoxy) is 2. The van der Waals surface area contributed by atoms with Crippen LogP contribution < -0.4 is 0 Å². The summed E-state index contributed by atoms with van der Waals surface area (Å²) in [7, 11) is 0. The predicted octanol–water partition coefficient (Wildman–Crippen LogP) is 8.15. The van der Waals surface area contributed by atoms with Crippen LogP contribution in [0.2, 0.25) is 5.02 Å². The van der Waals surface area contributed by atoms with Gasteiger partial charge in [0.05, 0.1) is 11.1 Å². The number of carbonyl (C=O) groups excluding carboxylic acids is 2. The van der Waals surface area contributed by atoms with Gasteiger partial charge in [-0.2, -0.15) is 0 Å². The number of hydrogen-bond donors (Lipinski definition) is 0. The number of rotatable bonds is 5. The zero-order valence-electron chi connectivity index (χ0n) is 22.0.